The van der Waals surface area contributed by atoms with Gasteiger partial charge in [-0.1, -0.05) is 35.4 Å². The summed E-state index contributed by atoms with van der Waals surface area (Å²) in [6.07, 6.45) is 1.07. The molecule has 2 aromatic carbocycles. The molecule has 6 heteroatoms. The van der Waals surface area contributed by atoms with Crippen molar-refractivity contribution in [2.75, 3.05) is 38.1 Å². The van der Waals surface area contributed by atoms with Crippen molar-refractivity contribution >= 4 is 17.6 Å². The van der Waals surface area contributed by atoms with E-state index >= 15 is 0 Å². The summed E-state index contributed by atoms with van der Waals surface area (Å²) in [5.74, 6) is 0.716. The van der Waals surface area contributed by atoms with Crippen molar-refractivity contribution in [2.24, 2.45) is 4.99 Å². The molecular weight excluding hydrogens is 362 g/mol. The number of guanidine groups is 1. The number of carbonyl (C=O) groups is 1. The SMILES string of the molecule is CN=C(NCCNC(=O)c1cccc(C)c1)NC1CCN(c2ccc(C)cc2)C1. The van der Waals surface area contributed by atoms with E-state index in [-0.39, 0.29) is 5.91 Å². The highest BCUT2D eigenvalue weighted by Crippen LogP contribution is 2.20. The van der Waals surface area contributed by atoms with E-state index in [9.17, 15) is 4.79 Å². The molecule has 6 nitrogen and oxygen atoms in total. The van der Waals surface area contributed by atoms with Gasteiger partial charge in [0, 0.05) is 50.5 Å². The Hall–Kier alpha value is -3.02. The molecular formula is C23H31N5O. The molecule has 1 fully saturated rings. The average Bonchev–Trinajstić information content (AvgIpc) is 3.19. The minimum atomic E-state index is -0.0528. The van der Waals surface area contributed by atoms with E-state index in [1.807, 2.05) is 31.2 Å². The Balaban J connectivity index is 1.39. The highest BCUT2D eigenvalue weighted by atomic mass is 16.1. The number of anilines is 1. The lowest BCUT2D eigenvalue weighted by atomic mass is 10.1. The van der Waals surface area contributed by atoms with Crippen molar-refractivity contribution in [3.8, 4) is 0 Å². The van der Waals surface area contributed by atoms with Gasteiger partial charge in [-0.3, -0.25) is 9.79 Å². The van der Waals surface area contributed by atoms with Crippen LogP contribution in [-0.4, -0.2) is 51.1 Å². The highest BCUT2D eigenvalue weighted by Gasteiger charge is 2.23. The summed E-state index contributed by atoms with van der Waals surface area (Å²) in [7, 11) is 1.77. The van der Waals surface area contributed by atoms with Gasteiger partial charge < -0.3 is 20.9 Å². The van der Waals surface area contributed by atoms with Crippen LogP contribution >= 0.6 is 0 Å². The van der Waals surface area contributed by atoms with Gasteiger partial charge in [-0.2, -0.15) is 0 Å². The number of carbonyl (C=O) groups excluding carboxylic acids is 1. The lowest BCUT2D eigenvalue weighted by Gasteiger charge is -2.20. The first-order valence-corrected chi connectivity index (χ1v) is 10.2. The molecule has 0 saturated carbocycles. The smallest absolute Gasteiger partial charge is 0.251 e. The van der Waals surface area contributed by atoms with Crippen LogP contribution in [0, 0.1) is 13.8 Å². The Morgan fingerprint density at radius 1 is 1.07 bits per heavy atom. The molecule has 1 saturated heterocycles. The Morgan fingerprint density at radius 3 is 2.55 bits per heavy atom. The third kappa shape index (κ3) is 5.98. The largest absolute Gasteiger partial charge is 0.369 e. The zero-order chi connectivity index (χ0) is 20.6. The molecule has 0 spiro atoms. The summed E-state index contributed by atoms with van der Waals surface area (Å²) < 4.78 is 0. The molecule has 0 bridgehead atoms. The fraction of sp³-hybridized carbons (Fsp3) is 0.391. The van der Waals surface area contributed by atoms with Crippen LogP contribution in [0.2, 0.25) is 0 Å². The molecule has 2 aromatic rings. The minimum Gasteiger partial charge on any atom is -0.369 e. The third-order valence-corrected chi connectivity index (χ3v) is 5.14. The van der Waals surface area contributed by atoms with E-state index in [4.69, 9.17) is 0 Å². The van der Waals surface area contributed by atoms with Gasteiger partial charge in [0.15, 0.2) is 5.96 Å². The van der Waals surface area contributed by atoms with Gasteiger partial charge in [-0.05, 0) is 44.5 Å². The number of hydrogen-bond acceptors (Lipinski definition) is 3. The standard InChI is InChI=1S/C23H31N5O/c1-17-7-9-21(10-8-17)28-14-11-20(16-28)27-23(24-3)26-13-12-25-22(29)19-6-4-5-18(2)15-19/h4-10,15,20H,11-14,16H2,1-3H3,(H,25,29)(H2,24,26,27). The monoisotopic (exact) mass is 393 g/mol. The molecule has 1 unspecified atom stereocenters. The first kappa shape index (κ1) is 20.7. The van der Waals surface area contributed by atoms with Crippen LogP contribution in [0.15, 0.2) is 53.5 Å². The molecule has 0 aromatic heterocycles. The van der Waals surface area contributed by atoms with Crippen LogP contribution in [0.3, 0.4) is 0 Å². The number of amides is 1. The fourth-order valence-electron chi connectivity index (χ4n) is 3.50. The third-order valence-electron chi connectivity index (χ3n) is 5.14. The molecule has 1 aliphatic heterocycles. The molecule has 3 rings (SSSR count). The maximum absolute atomic E-state index is 12.2. The van der Waals surface area contributed by atoms with Gasteiger partial charge in [0.25, 0.3) is 5.91 Å². The Labute approximate surface area is 173 Å². The molecule has 1 aliphatic rings. The van der Waals surface area contributed by atoms with Gasteiger partial charge in [0.1, 0.15) is 0 Å². The Morgan fingerprint density at radius 2 is 1.83 bits per heavy atom. The van der Waals surface area contributed by atoms with E-state index in [1.54, 1.807) is 7.05 Å². The summed E-state index contributed by atoms with van der Waals surface area (Å²) in [5, 5.41) is 9.71. The second-order valence-corrected chi connectivity index (χ2v) is 7.54. The lowest BCUT2D eigenvalue weighted by Crippen LogP contribution is -2.46. The Kier molecular flexibility index (Phi) is 7.11. The van der Waals surface area contributed by atoms with Gasteiger partial charge >= 0.3 is 0 Å². The number of benzene rings is 2. The number of nitrogens with zero attached hydrogens (tertiary/aromatic N) is 2. The van der Waals surface area contributed by atoms with Gasteiger partial charge in [-0.25, -0.2) is 0 Å². The van der Waals surface area contributed by atoms with Gasteiger partial charge in [0.2, 0.25) is 0 Å². The molecule has 29 heavy (non-hydrogen) atoms. The Bertz CT molecular complexity index is 847. The van der Waals surface area contributed by atoms with Crippen molar-refractivity contribution in [3.05, 3.63) is 65.2 Å². The van der Waals surface area contributed by atoms with E-state index < -0.39 is 0 Å². The molecule has 154 valence electrons. The van der Waals surface area contributed by atoms with E-state index in [0.29, 0.717) is 24.7 Å². The van der Waals surface area contributed by atoms with Crippen molar-refractivity contribution in [3.63, 3.8) is 0 Å². The second kappa shape index (κ2) is 9.96. The predicted octanol–water partition coefficient (Wildman–Crippen LogP) is 2.48. The highest BCUT2D eigenvalue weighted by molar-refractivity contribution is 5.94. The van der Waals surface area contributed by atoms with Crippen molar-refractivity contribution in [1.82, 2.24) is 16.0 Å². The van der Waals surface area contributed by atoms with Crippen LogP contribution in [-0.2, 0) is 0 Å². The van der Waals surface area contributed by atoms with E-state index in [1.165, 1.54) is 11.3 Å². The van der Waals surface area contributed by atoms with Crippen LogP contribution < -0.4 is 20.9 Å². The number of aryl methyl sites for hydroxylation is 2. The van der Waals surface area contributed by atoms with Crippen LogP contribution in [0.4, 0.5) is 5.69 Å². The van der Waals surface area contributed by atoms with Crippen molar-refractivity contribution in [1.29, 1.82) is 0 Å². The van der Waals surface area contributed by atoms with Gasteiger partial charge in [0.05, 0.1) is 0 Å². The summed E-state index contributed by atoms with van der Waals surface area (Å²) in [4.78, 5) is 18.9. The van der Waals surface area contributed by atoms with Crippen molar-refractivity contribution in [2.45, 2.75) is 26.3 Å². The molecule has 3 N–H and O–H groups in total. The summed E-state index contributed by atoms with van der Waals surface area (Å²) in [6.45, 7) is 7.23. The van der Waals surface area contributed by atoms with Crippen LogP contribution in [0.25, 0.3) is 0 Å². The number of nitrogens with one attached hydrogen (secondary N) is 3. The molecule has 1 heterocycles. The second-order valence-electron chi connectivity index (χ2n) is 7.54. The minimum absolute atomic E-state index is 0.0528. The van der Waals surface area contributed by atoms with Gasteiger partial charge in [-0.15, -0.1) is 0 Å². The van der Waals surface area contributed by atoms with Crippen molar-refractivity contribution < 1.29 is 4.79 Å². The fourth-order valence-corrected chi connectivity index (χ4v) is 3.50. The quantitative estimate of drug-likeness (QED) is 0.401. The zero-order valence-corrected chi connectivity index (χ0v) is 17.5. The molecule has 0 radical (unpaired) electrons. The number of hydrogen-bond donors (Lipinski definition) is 3. The first-order chi connectivity index (χ1) is 14.0. The topological polar surface area (TPSA) is 68.8 Å². The number of aliphatic imine (C=N–C) groups is 1. The summed E-state index contributed by atoms with van der Waals surface area (Å²) in [5.41, 5.74) is 4.31. The number of rotatable bonds is 6. The summed E-state index contributed by atoms with van der Waals surface area (Å²) >= 11 is 0. The molecule has 0 aliphatic carbocycles. The maximum Gasteiger partial charge on any atom is 0.251 e. The average molecular weight is 394 g/mol. The lowest BCUT2D eigenvalue weighted by molar-refractivity contribution is 0.0954. The maximum atomic E-state index is 12.2. The first-order valence-electron chi connectivity index (χ1n) is 10.2. The summed E-state index contributed by atoms with van der Waals surface area (Å²) in [6, 6.07) is 16.6. The molecule has 1 atom stereocenters. The normalized spacial score (nSPS) is 16.6. The van der Waals surface area contributed by atoms with Crippen LogP contribution in [0.1, 0.15) is 27.9 Å². The zero-order valence-electron chi connectivity index (χ0n) is 17.5. The van der Waals surface area contributed by atoms with Crippen LogP contribution in [0.5, 0.6) is 0 Å². The van der Waals surface area contributed by atoms with E-state index in [0.717, 1.165) is 31.0 Å². The molecule has 1 amide bonds. The predicted molar refractivity (Wildman–Crippen MR) is 120 cm³/mol. The van der Waals surface area contributed by atoms with E-state index in [2.05, 4.69) is 57.0 Å².